The van der Waals surface area contributed by atoms with Crippen molar-refractivity contribution in [3.05, 3.63) is 28.0 Å². The molecule has 3 rings (SSSR count). The summed E-state index contributed by atoms with van der Waals surface area (Å²) in [5.74, 6) is 0. The number of anilines is 2. The maximum atomic E-state index is 6.19. The maximum Gasteiger partial charge on any atom is 0.0743 e. The fourth-order valence-electron chi connectivity index (χ4n) is 3.28. The van der Waals surface area contributed by atoms with Crippen LogP contribution in [0.15, 0.2) is 24.4 Å². The predicted octanol–water partition coefficient (Wildman–Crippen LogP) is 3.71. The molecule has 0 aliphatic heterocycles. The molecule has 0 spiro atoms. The summed E-state index contributed by atoms with van der Waals surface area (Å²) >= 11 is 2.34. The van der Waals surface area contributed by atoms with Gasteiger partial charge in [0.2, 0.25) is 0 Å². The van der Waals surface area contributed by atoms with E-state index in [1.165, 1.54) is 29.3 Å². The van der Waals surface area contributed by atoms with Gasteiger partial charge in [-0.3, -0.25) is 4.98 Å². The highest BCUT2D eigenvalue weighted by molar-refractivity contribution is 14.1. The van der Waals surface area contributed by atoms with Crippen molar-refractivity contribution < 1.29 is 0 Å². The molecule has 1 aliphatic carbocycles. The van der Waals surface area contributed by atoms with Gasteiger partial charge >= 0.3 is 0 Å². The van der Waals surface area contributed by atoms with Gasteiger partial charge in [-0.05, 0) is 80.6 Å². The molecule has 1 aromatic heterocycles. The summed E-state index contributed by atoms with van der Waals surface area (Å²) in [6.07, 6.45) is 6.63. The lowest BCUT2D eigenvalue weighted by Crippen LogP contribution is -2.36. The molecule has 1 fully saturated rings. The van der Waals surface area contributed by atoms with Gasteiger partial charge in [-0.1, -0.05) is 0 Å². The van der Waals surface area contributed by atoms with Crippen molar-refractivity contribution in [1.29, 1.82) is 0 Å². The first-order chi connectivity index (χ1) is 10.5. The Balaban J connectivity index is 1.82. The highest BCUT2D eigenvalue weighted by Crippen LogP contribution is 2.32. The molecule has 3 N–H and O–H groups in total. The largest absolute Gasteiger partial charge is 0.396 e. The van der Waals surface area contributed by atoms with Crippen molar-refractivity contribution in [1.82, 2.24) is 9.88 Å². The van der Waals surface area contributed by atoms with Crippen LogP contribution in [0.25, 0.3) is 10.9 Å². The predicted molar refractivity (Wildman–Crippen MR) is 102 cm³/mol. The third-order valence-corrected chi connectivity index (χ3v) is 5.31. The van der Waals surface area contributed by atoms with Crippen LogP contribution in [0.2, 0.25) is 0 Å². The maximum absolute atomic E-state index is 6.19. The quantitative estimate of drug-likeness (QED) is 0.758. The third-order valence-electron chi connectivity index (χ3n) is 4.63. The Labute approximate surface area is 145 Å². The number of nitrogen functional groups attached to an aromatic ring is 1. The number of rotatable bonds is 3. The fourth-order valence-corrected chi connectivity index (χ4v) is 3.77. The molecule has 1 aromatic carbocycles. The number of benzene rings is 1. The van der Waals surface area contributed by atoms with E-state index in [0.717, 1.165) is 22.3 Å². The molecule has 22 heavy (non-hydrogen) atoms. The van der Waals surface area contributed by atoms with Crippen molar-refractivity contribution in [3.8, 4) is 0 Å². The van der Waals surface area contributed by atoms with Gasteiger partial charge in [0, 0.05) is 21.0 Å². The molecular formula is C17H23IN4. The Morgan fingerprint density at radius 3 is 2.64 bits per heavy atom. The van der Waals surface area contributed by atoms with E-state index in [1.54, 1.807) is 6.20 Å². The van der Waals surface area contributed by atoms with Gasteiger partial charge in [0.1, 0.15) is 0 Å². The molecule has 5 heteroatoms. The molecule has 1 aliphatic rings. The molecule has 0 unspecified atom stereocenters. The first-order valence-corrected chi connectivity index (χ1v) is 8.89. The van der Waals surface area contributed by atoms with Gasteiger partial charge < -0.3 is 16.0 Å². The van der Waals surface area contributed by atoms with Crippen LogP contribution in [-0.4, -0.2) is 36.1 Å². The number of hydrogen-bond donors (Lipinski definition) is 2. The zero-order valence-electron chi connectivity index (χ0n) is 13.1. The van der Waals surface area contributed by atoms with E-state index in [4.69, 9.17) is 5.73 Å². The number of hydrogen-bond acceptors (Lipinski definition) is 4. The lowest BCUT2D eigenvalue weighted by atomic mass is 9.90. The van der Waals surface area contributed by atoms with E-state index in [-0.39, 0.29) is 0 Å². The zero-order chi connectivity index (χ0) is 15.7. The second kappa shape index (κ2) is 6.58. The van der Waals surface area contributed by atoms with Crippen molar-refractivity contribution in [3.63, 3.8) is 0 Å². The highest BCUT2D eigenvalue weighted by atomic mass is 127. The first-order valence-electron chi connectivity index (χ1n) is 7.81. The molecule has 0 amide bonds. The van der Waals surface area contributed by atoms with Crippen LogP contribution in [0.4, 0.5) is 11.4 Å². The van der Waals surface area contributed by atoms with Crippen LogP contribution in [0, 0.1) is 3.57 Å². The van der Waals surface area contributed by atoms with Crippen LogP contribution in [0.3, 0.4) is 0 Å². The van der Waals surface area contributed by atoms with Gasteiger partial charge in [-0.25, -0.2) is 0 Å². The SMILES string of the molecule is CN(C)[C@H]1CC[C@@H](Nc2c(N)cnc3ccc(I)cc23)CC1. The van der Waals surface area contributed by atoms with Crippen LogP contribution in [-0.2, 0) is 0 Å². The monoisotopic (exact) mass is 410 g/mol. The summed E-state index contributed by atoms with van der Waals surface area (Å²) in [6.45, 7) is 0. The van der Waals surface area contributed by atoms with E-state index in [2.05, 4.69) is 70.1 Å². The molecular weight excluding hydrogens is 387 g/mol. The van der Waals surface area contributed by atoms with Crippen LogP contribution < -0.4 is 11.1 Å². The lowest BCUT2D eigenvalue weighted by molar-refractivity contribution is 0.221. The molecule has 118 valence electrons. The normalized spacial score (nSPS) is 22.2. The van der Waals surface area contributed by atoms with E-state index in [1.807, 2.05) is 0 Å². The van der Waals surface area contributed by atoms with Crippen LogP contribution in [0.1, 0.15) is 25.7 Å². The summed E-state index contributed by atoms with van der Waals surface area (Å²) in [7, 11) is 4.35. The van der Waals surface area contributed by atoms with Crippen LogP contribution in [0.5, 0.6) is 0 Å². The van der Waals surface area contributed by atoms with E-state index >= 15 is 0 Å². The Morgan fingerprint density at radius 2 is 1.95 bits per heavy atom. The molecule has 0 atom stereocenters. The van der Waals surface area contributed by atoms with E-state index < -0.39 is 0 Å². The standard InChI is InChI=1S/C17H23IN4/c1-22(2)13-6-4-12(5-7-13)21-17-14-9-11(18)3-8-16(14)20-10-15(17)19/h3,8-10,12-13H,4-7,19H2,1-2H3,(H,20,21)/t12-,13+. The number of nitrogens with zero attached hydrogens (tertiary/aromatic N) is 2. The van der Waals surface area contributed by atoms with Gasteiger partial charge in [0.05, 0.1) is 23.1 Å². The molecule has 0 radical (unpaired) electrons. The molecule has 2 aromatic rings. The second-order valence-electron chi connectivity index (χ2n) is 6.36. The van der Waals surface area contributed by atoms with Gasteiger partial charge in [-0.2, -0.15) is 0 Å². The van der Waals surface area contributed by atoms with Gasteiger partial charge in [0.25, 0.3) is 0 Å². The number of halogens is 1. The highest BCUT2D eigenvalue weighted by Gasteiger charge is 2.23. The minimum atomic E-state index is 0.502. The molecule has 1 heterocycles. The van der Waals surface area contributed by atoms with Gasteiger partial charge in [-0.15, -0.1) is 0 Å². The fraction of sp³-hybridized carbons (Fsp3) is 0.471. The van der Waals surface area contributed by atoms with Gasteiger partial charge in [0.15, 0.2) is 0 Å². The van der Waals surface area contributed by atoms with E-state index in [9.17, 15) is 0 Å². The Morgan fingerprint density at radius 1 is 1.23 bits per heavy atom. The third kappa shape index (κ3) is 3.30. The molecule has 4 nitrogen and oxygen atoms in total. The smallest absolute Gasteiger partial charge is 0.0743 e. The summed E-state index contributed by atoms with van der Waals surface area (Å²) in [5, 5.41) is 4.82. The molecule has 0 saturated heterocycles. The summed E-state index contributed by atoms with van der Waals surface area (Å²) < 4.78 is 1.21. The number of nitrogens with one attached hydrogen (secondary N) is 1. The van der Waals surface area contributed by atoms with Crippen molar-refractivity contribution in [2.45, 2.75) is 37.8 Å². The Hall–Kier alpha value is -1.08. The summed E-state index contributed by atoms with van der Waals surface area (Å²) in [5.41, 5.74) is 8.99. The minimum Gasteiger partial charge on any atom is -0.396 e. The first kappa shape index (κ1) is 15.8. The van der Waals surface area contributed by atoms with Crippen molar-refractivity contribution in [2.24, 2.45) is 0 Å². The topological polar surface area (TPSA) is 54.2 Å². The average Bonchev–Trinajstić information content (AvgIpc) is 2.51. The number of pyridine rings is 1. The summed E-state index contributed by atoms with van der Waals surface area (Å²) in [4.78, 5) is 6.78. The number of fused-ring (bicyclic) bond motifs is 1. The number of aromatic nitrogens is 1. The Bertz CT molecular complexity index is 658. The van der Waals surface area contributed by atoms with Crippen molar-refractivity contribution >= 4 is 44.9 Å². The average molecular weight is 410 g/mol. The summed E-state index contributed by atoms with van der Waals surface area (Å²) in [6, 6.07) is 7.52. The van der Waals surface area contributed by atoms with Crippen molar-refractivity contribution in [2.75, 3.05) is 25.1 Å². The molecule has 0 bridgehead atoms. The minimum absolute atomic E-state index is 0.502. The van der Waals surface area contributed by atoms with E-state index in [0.29, 0.717) is 12.1 Å². The lowest BCUT2D eigenvalue weighted by Gasteiger charge is -2.33. The molecule has 1 saturated carbocycles. The second-order valence-corrected chi connectivity index (χ2v) is 7.61. The Kier molecular flexibility index (Phi) is 4.73. The van der Waals surface area contributed by atoms with Crippen LogP contribution >= 0.6 is 22.6 Å². The zero-order valence-corrected chi connectivity index (χ0v) is 15.3. The number of nitrogens with two attached hydrogens (primary N) is 1.